The standard InChI is InChI=1S/C20H25NOS/c22-19(10-6-9-17-7-2-1-3-8-17)21-16-20(12-4-5-13-20)18-11-14-23-15-18/h1-3,7-8,11,14-15H,4-6,9-10,12-13,16H2,(H,21,22). The van der Waals surface area contributed by atoms with Crippen LogP contribution in [0.4, 0.5) is 0 Å². The molecular formula is C20H25NOS. The predicted molar refractivity (Wildman–Crippen MR) is 96.9 cm³/mol. The molecule has 1 heterocycles. The molecule has 2 aromatic rings. The Balaban J connectivity index is 1.46. The van der Waals surface area contributed by atoms with Gasteiger partial charge in [0.2, 0.25) is 5.91 Å². The maximum Gasteiger partial charge on any atom is 0.220 e. The molecule has 1 aromatic heterocycles. The van der Waals surface area contributed by atoms with E-state index >= 15 is 0 Å². The molecule has 0 spiro atoms. The van der Waals surface area contributed by atoms with Gasteiger partial charge in [0.05, 0.1) is 0 Å². The van der Waals surface area contributed by atoms with Gasteiger partial charge in [-0.2, -0.15) is 11.3 Å². The van der Waals surface area contributed by atoms with E-state index in [4.69, 9.17) is 0 Å². The quantitative estimate of drug-likeness (QED) is 0.785. The second-order valence-electron chi connectivity index (χ2n) is 6.62. The molecular weight excluding hydrogens is 302 g/mol. The second-order valence-corrected chi connectivity index (χ2v) is 7.40. The summed E-state index contributed by atoms with van der Waals surface area (Å²) in [7, 11) is 0. The molecule has 23 heavy (non-hydrogen) atoms. The molecule has 1 aliphatic carbocycles. The van der Waals surface area contributed by atoms with Gasteiger partial charge in [-0.25, -0.2) is 0 Å². The SMILES string of the molecule is O=C(CCCc1ccccc1)NCC1(c2ccsc2)CCCC1. The van der Waals surface area contributed by atoms with Crippen molar-refractivity contribution in [1.29, 1.82) is 0 Å². The van der Waals surface area contributed by atoms with E-state index in [9.17, 15) is 4.79 Å². The Hall–Kier alpha value is -1.61. The van der Waals surface area contributed by atoms with E-state index in [-0.39, 0.29) is 11.3 Å². The number of benzene rings is 1. The topological polar surface area (TPSA) is 29.1 Å². The first kappa shape index (κ1) is 16.3. The predicted octanol–water partition coefficient (Wildman–Crippen LogP) is 4.70. The highest BCUT2D eigenvalue weighted by molar-refractivity contribution is 7.08. The van der Waals surface area contributed by atoms with Crippen LogP contribution >= 0.6 is 11.3 Å². The Labute approximate surface area is 142 Å². The Morgan fingerprint density at radius 2 is 1.91 bits per heavy atom. The zero-order valence-electron chi connectivity index (χ0n) is 13.6. The molecule has 1 fully saturated rings. The summed E-state index contributed by atoms with van der Waals surface area (Å²) in [6, 6.07) is 12.6. The van der Waals surface area contributed by atoms with Gasteiger partial charge in [0.1, 0.15) is 0 Å². The molecule has 122 valence electrons. The van der Waals surface area contributed by atoms with Crippen molar-refractivity contribution in [2.24, 2.45) is 0 Å². The van der Waals surface area contributed by atoms with Crippen molar-refractivity contribution in [2.45, 2.75) is 50.4 Å². The van der Waals surface area contributed by atoms with Crippen LogP contribution in [0.25, 0.3) is 0 Å². The van der Waals surface area contributed by atoms with Gasteiger partial charge in [0, 0.05) is 18.4 Å². The van der Waals surface area contributed by atoms with Gasteiger partial charge in [-0.1, -0.05) is 43.2 Å². The molecule has 3 heteroatoms. The lowest BCUT2D eigenvalue weighted by atomic mass is 9.80. The maximum atomic E-state index is 12.2. The van der Waals surface area contributed by atoms with Crippen molar-refractivity contribution in [2.75, 3.05) is 6.54 Å². The fourth-order valence-corrected chi connectivity index (χ4v) is 4.42. The fraction of sp³-hybridized carbons (Fsp3) is 0.450. The number of aryl methyl sites for hydroxylation is 1. The summed E-state index contributed by atoms with van der Waals surface area (Å²) in [6.45, 7) is 0.800. The summed E-state index contributed by atoms with van der Waals surface area (Å²) < 4.78 is 0. The van der Waals surface area contributed by atoms with Crippen molar-refractivity contribution in [3.05, 3.63) is 58.3 Å². The van der Waals surface area contributed by atoms with E-state index in [1.807, 2.05) is 6.07 Å². The van der Waals surface area contributed by atoms with Crippen LogP contribution in [0.5, 0.6) is 0 Å². The summed E-state index contributed by atoms with van der Waals surface area (Å²) in [5.74, 6) is 0.197. The van der Waals surface area contributed by atoms with Crippen LogP contribution in [-0.4, -0.2) is 12.5 Å². The third kappa shape index (κ3) is 4.23. The Morgan fingerprint density at radius 3 is 2.61 bits per heavy atom. The third-order valence-electron chi connectivity index (χ3n) is 5.03. The van der Waals surface area contributed by atoms with Gasteiger partial charge < -0.3 is 5.32 Å². The summed E-state index contributed by atoms with van der Waals surface area (Å²) in [6.07, 6.45) is 7.47. The zero-order chi connectivity index (χ0) is 16.0. The van der Waals surface area contributed by atoms with Gasteiger partial charge in [0.25, 0.3) is 0 Å². The number of carbonyl (C=O) groups is 1. The first-order valence-corrected chi connectivity index (χ1v) is 9.56. The van der Waals surface area contributed by atoms with Crippen LogP contribution in [0, 0.1) is 0 Å². The number of carbonyl (C=O) groups excluding carboxylic acids is 1. The van der Waals surface area contributed by atoms with Crippen molar-refractivity contribution >= 4 is 17.2 Å². The minimum absolute atomic E-state index is 0.190. The lowest BCUT2D eigenvalue weighted by Crippen LogP contribution is -2.38. The summed E-state index contributed by atoms with van der Waals surface area (Å²) in [5, 5.41) is 7.61. The van der Waals surface area contributed by atoms with Crippen molar-refractivity contribution in [1.82, 2.24) is 5.32 Å². The lowest BCUT2D eigenvalue weighted by molar-refractivity contribution is -0.121. The number of hydrogen-bond donors (Lipinski definition) is 1. The number of amides is 1. The highest BCUT2D eigenvalue weighted by Crippen LogP contribution is 2.41. The molecule has 1 aromatic carbocycles. The van der Waals surface area contributed by atoms with Crippen LogP contribution in [0.2, 0.25) is 0 Å². The number of nitrogens with one attached hydrogen (secondary N) is 1. The van der Waals surface area contributed by atoms with E-state index in [2.05, 4.69) is 46.4 Å². The van der Waals surface area contributed by atoms with E-state index in [0.29, 0.717) is 6.42 Å². The Morgan fingerprint density at radius 1 is 1.13 bits per heavy atom. The Bertz CT molecular complexity index is 600. The molecule has 2 nitrogen and oxygen atoms in total. The van der Waals surface area contributed by atoms with Gasteiger partial charge in [-0.05, 0) is 53.6 Å². The smallest absolute Gasteiger partial charge is 0.220 e. The van der Waals surface area contributed by atoms with E-state index in [1.165, 1.54) is 36.8 Å². The molecule has 0 atom stereocenters. The van der Waals surface area contributed by atoms with Crippen LogP contribution in [-0.2, 0) is 16.6 Å². The fourth-order valence-electron chi connectivity index (χ4n) is 3.64. The average molecular weight is 327 g/mol. The maximum absolute atomic E-state index is 12.2. The van der Waals surface area contributed by atoms with Crippen LogP contribution in [0.1, 0.15) is 49.7 Å². The van der Waals surface area contributed by atoms with Gasteiger partial charge in [0.15, 0.2) is 0 Å². The van der Waals surface area contributed by atoms with E-state index < -0.39 is 0 Å². The van der Waals surface area contributed by atoms with E-state index in [0.717, 1.165) is 19.4 Å². The van der Waals surface area contributed by atoms with Gasteiger partial charge in [-0.15, -0.1) is 0 Å². The number of rotatable bonds is 7. The Kier molecular flexibility index (Phi) is 5.50. The largest absolute Gasteiger partial charge is 0.355 e. The van der Waals surface area contributed by atoms with Gasteiger partial charge in [-0.3, -0.25) is 4.79 Å². The van der Waals surface area contributed by atoms with Crippen LogP contribution < -0.4 is 5.32 Å². The molecule has 1 N–H and O–H groups in total. The van der Waals surface area contributed by atoms with Crippen molar-refractivity contribution in [3.63, 3.8) is 0 Å². The second kappa shape index (κ2) is 7.78. The normalized spacial score (nSPS) is 16.3. The molecule has 3 rings (SSSR count). The molecule has 1 saturated carbocycles. The molecule has 1 amide bonds. The zero-order valence-corrected chi connectivity index (χ0v) is 14.4. The van der Waals surface area contributed by atoms with Crippen LogP contribution in [0.3, 0.4) is 0 Å². The lowest BCUT2D eigenvalue weighted by Gasteiger charge is -2.28. The molecule has 1 aliphatic rings. The minimum atomic E-state index is 0.190. The van der Waals surface area contributed by atoms with Crippen LogP contribution in [0.15, 0.2) is 47.2 Å². The number of hydrogen-bond acceptors (Lipinski definition) is 2. The molecule has 0 unspecified atom stereocenters. The highest BCUT2D eigenvalue weighted by atomic mass is 32.1. The summed E-state index contributed by atoms with van der Waals surface area (Å²) in [5.41, 5.74) is 2.92. The molecule has 0 bridgehead atoms. The third-order valence-corrected chi connectivity index (χ3v) is 5.71. The minimum Gasteiger partial charge on any atom is -0.355 e. The first-order valence-electron chi connectivity index (χ1n) is 8.62. The van der Waals surface area contributed by atoms with Gasteiger partial charge >= 0.3 is 0 Å². The molecule has 0 saturated heterocycles. The summed E-state index contributed by atoms with van der Waals surface area (Å²) in [4.78, 5) is 12.2. The van der Waals surface area contributed by atoms with Crippen molar-refractivity contribution < 1.29 is 4.79 Å². The first-order chi connectivity index (χ1) is 11.3. The molecule has 0 radical (unpaired) electrons. The molecule has 0 aliphatic heterocycles. The summed E-state index contributed by atoms with van der Waals surface area (Å²) >= 11 is 1.76. The number of thiophene rings is 1. The highest BCUT2D eigenvalue weighted by Gasteiger charge is 2.36. The monoisotopic (exact) mass is 327 g/mol. The van der Waals surface area contributed by atoms with Crippen molar-refractivity contribution in [3.8, 4) is 0 Å². The average Bonchev–Trinajstić information content (AvgIpc) is 3.26. The van der Waals surface area contributed by atoms with E-state index in [1.54, 1.807) is 11.3 Å².